The Bertz CT molecular complexity index is 1200. The summed E-state index contributed by atoms with van der Waals surface area (Å²) in [5.74, 6) is -1.26. The fourth-order valence-electron chi connectivity index (χ4n) is 4.74. The summed E-state index contributed by atoms with van der Waals surface area (Å²) in [7, 11) is 1.53. The first-order chi connectivity index (χ1) is 17.3. The molecular weight excluding hydrogens is 466 g/mol. The topological polar surface area (TPSA) is 122 Å². The molecule has 2 aromatic carbocycles. The minimum absolute atomic E-state index is 0.0866. The average Bonchev–Trinajstić information content (AvgIpc) is 3.14. The summed E-state index contributed by atoms with van der Waals surface area (Å²) in [6, 6.07) is 9.84. The number of rotatable bonds is 8. The summed E-state index contributed by atoms with van der Waals surface area (Å²) in [5.41, 5.74) is 1.24. The number of carbonyl (C=O) groups is 2. The molecule has 0 aromatic heterocycles. The Hall–Kier alpha value is -3.76. The van der Waals surface area contributed by atoms with Gasteiger partial charge >= 0.3 is 0 Å². The molecule has 190 valence electrons. The van der Waals surface area contributed by atoms with Crippen LogP contribution in [0.15, 0.2) is 48.0 Å². The Balaban J connectivity index is 1.73. The lowest BCUT2D eigenvalue weighted by Crippen LogP contribution is -2.39. The zero-order valence-electron chi connectivity index (χ0n) is 20.3. The molecule has 2 heterocycles. The number of hydrogen-bond donors (Lipinski definition) is 1. The number of nitro benzene ring substituents is 1. The Labute approximate surface area is 208 Å². The highest BCUT2D eigenvalue weighted by atomic mass is 16.6. The second kappa shape index (κ2) is 10.9. The van der Waals surface area contributed by atoms with Gasteiger partial charge in [-0.1, -0.05) is 12.1 Å². The van der Waals surface area contributed by atoms with E-state index in [-0.39, 0.29) is 23.6 Å². The van der Waals surface area contributed by atoms with Crippen LogP contribution in [0.1, 0.15) is 29.2 Å². The van der Waals surface area contributed by atoms with Gasteiger partial charge in [-0.25, -0.2) is 0 Å². The van der Waals surface area contributed by atoms with Crippen molar-refractivity contribution in [2.24, 2.45) is 0 Å². The van der Waals surface area contributed by atoms with Gasteiger partial charge in [0.25, 0.3) is 17.4 Å². The predicted molar refractivity (Wildman–Crippen MR) is 132 cm³/mol. The van der Waals surface area contributed by atoms with Gasteiger partial charge in [-0.2, -0.15) is 0 Å². The van der Waals surface area contributed by atoms with E-state index in [0.29, 0.717) is 43.1 Å². The van der Waals surface area contributed by atoms with Crippen LogP contribution in [0.5, 0.6) is 5.75 Å². The van der Waals surface area contributed by atoms with Gasteiger partial charge in [0.05, 0.1) is 36.9 Å². The lowest BCUT2D eigenvalue weighted by atomic mass is 9.94. The molecule has 1 N–H and O–H groups in total. The molecule has 36 heavy (non-hydrogen) atoms. The Kier molecular flexibility index (Phi) is 7.66. The number of nitrogens with zero attached hydrogens (tertiary/aromatic N) is 3. The molecule has 0 unspecified atom stereocenters. The maximum atomic E-state index is 13.2. The van der Waals surface area contributed by atoms with Gasteiger partial charge in [0.15, 0.2) is 0 Å². The molecule has 2 saturated heterocycles. The maximum absolute atomic E-state index is 13.2. The number of aliphatic hydroxyl groups is 1. The first-order valence-electron chi connectivity index (χ1n) is 11.8. The molecule has 10 nitrogen and oxygen atoms in total. The van der Waals surface area contributed by atoms with Crippen LogP contribution in [-0.4, -0.2) is 78.0 Å². The monoisotopic (exact) mass is 495 g/mol. The van der Waals surface area contributed by atoms with Crippen molar-refractivity contribution in [3.05, 3.63) is 74.8 Å². The number of ether oxygens (including phenoxy) is 2. The zero-order valence-corrected chi connectivity index (χ0v) is 20.3. The number of non-ortho nitro benzene ring substituents is 1. The van der Waals surface area contributed by atoms with Crippen LogP contribution in [0, 0.1) is 17.0 Å². The van der Waals surface area contributed by atoms with Gasteiger partial charge in [0.1, 0.15) is 11.5 Å². The normalized spacial score (nSPS) is 20.1. The predicted octanol–water partition coefficient (Wildman–Crippen LogP) is 3.06. The number of methoxy groups -OCH3 is 1. The second-order valence-electron chi connectivity index (χ2n) is 8.84. The van der Waals surface area contributed by atoms with Gasteiger partial charge in [-0.05, 0) is 42.7 Å². The zero-order chi connectivity index (χ0) is 25.8. The van der Waals surface area contributed by atoms with Gasteiger partial charge in [-0.15, -0.1) is 0 Å². The van der Waals surface area contributed by atoms with E-state index in [4.69, 9.17) is 9.47 Å². The van der Waals surface area contributed by atoms with Gasteiger partial charge in [0, 0.05) is 43.9 Å². The summed E-state index contributed by atoms with van der Waals surface area (Å²) in [6.45, 7) is 5.67. The number of ketones is 1. The molecule has 0 saturated carbocycles. The Morgan fingerprint density at radius 2 is 1.92 bits per heavy atom. The average molecular weight is 496 g/mol. The number of carbonyl (C=O) groups excluding carboxylic acids is 2. The third-order valence-electron chi connectivity index (χ3n) is 6.58. The Morgan fingerprint density at radius 3 is 2.58 bits per heavy atom. The van der Waals surface area contributed by atoms with E-state index in [9.17, 15) is 24.8 Å². The number of morpholine rings is 1. The lowest BCUT2D eigenvalue weighted by Gasteiger charge is -2.29. The first-order valence-corrected chi connectivity index (χ1v) is 11.8. The van der Waals surface area contributed by atoms with Crippen LogP contribution in [0.3, 0.4) is 0 Å². The van der Waals surface area contributed by atoms with E-state index in [1.54, 1.807) is 31.2 Å². The first kappa shape index (κ1) is 25.3. The molecule has 10 heteroatoms. The summed E-state index contributed by atoms with van der Waals surface area (Å²) in [4.78, 5) is 40.9. The quantitative estimate of drug-likeness (QED) is 0.195. The van der Waals surface area contributed by atoms with E-state index in [1.165, 1.54) is 30.2 Å². The number of benzene rings is 2. The molecule has 4 rings (SSSR count). The molecule has 2 fully saturated rings. The second-order valence-corrected chi connectivity index (χ2v) is 8.84. The number of aliphatic hydroxyl groups excluding tert-OH is 1. The van der Waals surface area contributed by atoms with Crippen molar-refractivity contribution in [1.82, 2.24) is 9.80 Å². The molecule has 2 aromatic rings. The fourth-order valence-corrected chi connectivity index (χ4v) is 4.74. The number of likely N-dealkylation sites (tertiary alicyclic amines) is 1. The van der Waals surface area contributed by atoms with Crippen LogP contribution >= 0.6 is 0 Å². The van der Waals surface area contributed by atoms with E-state index in [1.807, 2.05) is 0 Å². The van der Waals surface area contributed by atoms with Crippen LogP contribution in [-0.2, 0) is 14.3 Å². The number of amides is 1. The molecule has 0 radical (unpaired) electrons. The van der Waals surface area contributed by atoms with Crippen molar-refractivity contribution in [3.63, 3.8) is 0 Å². The van der Waals surface area contributed by atoms with Crippen LogP contribution in [0.2, 0.25) is 0 Å². The number of Topliss-reactive ketones (excluding diaryl/α,β-unsaturated/α-hetero) is 1. The molecule has 1 atom stereocenters. The van der Waals surface area contributed by atoms with Gasteiger partial charge in [-0.3, -0.25) is 24.6 Å². The third kappa shape index (κ3) is 5.09. The molecule has 0 bridgehead atoms. The molecule has 0 spiro atoms. The van der Waals surface area contributed by atoms with Crippen LogP contribution < -0.4 is 4.74 Å². The van der Waals surface area contributed by atoms with Crippen molar-refractivity contribution in [2.45, 2.75) is 19.4 Å². The van der Waals surface area contributed by atoms with Gasteiger partial charge in [0.2, 0.25) is 0 Å². The molecule has 2 aliphatic rings. The highest BCUT2D eigenvalue weighted by Gasteiger charge is 2.46. The van der Waals surface area contributed by atoms with Gasteiger partial charge < -0.3 is 19.5 Å². The van der Waals surface area contributed by atoms with E-state index < -0.39 is 22.7 Å². The van der Waals surface area contributed by atoms with Crippen molar-refractivity contribution in [2.75, 3.05) is 46.5 Å². The summed E-state index contributed by atoms with van der Waals surface area (Å²) >= 11 is 0. The number of hydrogen-bond acceptors (Lipinski definition) is 8. The maximum Gasteiger partial charge on any atom is 0.295 e. The number of aryl methyl sites for hydroxylation is 1. The van der Waals surface area contributed by atoms with E-state index in [2.05, 4.69) is 4.90 Å². The lowest BCUT2D eigenvalue weighted by molar-refractivity contribution is -0.384. The summed E-state index contributed by atoms with van der Waals surface area (Å²) in [6.07, 6.45) is 0.597. The standard InChI is InChI=1S/C26H29N3O7/c1-17-15-19(7-8-21(17)35-2)24(30)22-23(18-5-3-6-20(16-18)29(33)34)28(26(32)25(22)31)10-4-9-27-11-13-36-14-12-27/h3,5-8,15-16,23,30H,4,9-14H2,1-2H3/b24-22+/t23-/m1/s1. The van der Waals surface area contributed by atoms with Crippen molar-refractivity contribution in [3.8, 4) is 5.75 Å². The SMILES string of the molecule is COc1ccc(/C(O)=C2\C(=O)C(=O)N(CCCN3CCOCC3)[C@@H]2c2cccc([N+](=O)[O-])c2)cc1C. The minimum atomic E-state index is -0.947. The summed E-state index contributed by atoms with van der Waals surface area (Å²) < 4.78 is 10.7. The van der Waals surface area contributed by atoms with Crippen LogP contribution in [0.25, 0.3) is 5.76 Å². The molecule has 1 amide bonds. The highest BCUT2D eigenvalue weighted by Crippen LogP contribution is 2.40. The fraction of sp³-hybridized carbons (Fsp3) is 0.385. The van der Waals surface area contributed by atoms with E-state index in [0.717, 1.165) is 18.7 Å². The Morgan fingerprint density at radius 1 is 1.17 bits per heavy atom. The minimum Gasteiger partial charge on any atom is -0.507 e. The molecule has 2 aliphatic heterocycles. The smallest absolute Gasteiger partial charge is 0.295 e. The summed E-state index contributed by atoms with van der Waals surface area (Å²) in [5, 5.41) is 22.7. The molecule has 0 aliphatic carbocycles. The highest BCUT2D eigenvalue weighted by molar-refractivity contribution is 6.46. The number of nitro groups is 1. The largest absolute Gasteiger partial charge is 0.507 e. The van der Waals surface area contributed by atoms with Crippen molar-refractivity contribution in [1.29, 1.82) is 0 Å². The molecular formula is C26H29N3O7. The van der Waals surface area contributed by atoms with Crippen LogP contribution in [0.4, 0.5) is 5.69 Å². The third-order valence-corrected chi connectivity index (χ3v) is 6.58. The van der Waals surface area contributed by atoms with E-state index >= 15 is 0 Å². The van der Waals surface area contributed by atoms with Crippen molar-refractivity contribution >= 4 is 23.1 Å². The van der Waals surface area contributed by atoms with Crippen molar-refractivity contribution < 1.29 is 29.1 Å².